The molecule has 6 heteroatoms. The van der Waals surface area contributed by atoms with Gasteiger partial charge in [0.2, 0.25) is 0 Å². The number of nitrogens with zero attached hydrogens (tertiary/aromatic N) is 3. The molecule has 4 rings (SSSR count). The molecule has 0 amide bonds. The summed E-state index contributed by atoms with van der Waals surface area (Å²) in [6.45, 7) is 5.88. The van der Waals surface area contributed by atoms with Crippen molar-refractivity contribution in [1.82, 2.24) is 19.7 Å². The quantitative estimate of drug-likeness (QED) is 0.612. The van der Waals surface area contributed by atoms with Gasteiger partial charge in [-0.15, -0.1) is 0 Å². The maximum Gasteiger partial charge on any atom is 0.274 e. The van der Waals surface area contributed by atoms with Crippen LogP contribution in [-0.4, -0.2) is 19.7 Å². The lowest BCUT2D eigenvalue weighted by atomic mass is 10.2. The minimum absolute atomic E-state index is 0.208. The number of rotatable bonds is 3. The van der Waals surface area contributed by atoms with E-state index in [-0.39, 0.29) is 5.56 Å². The predicted octanol–water partition coefficient (Wildman–Crippen LogP) is 3.80. The minimum Gasteiger partial charge on any atom is -0.360 e. The smallest absolute Gasteiger partial charge is 0.274 e. The molecule has 0 aliphatic carbocycles. The fourth-order valence-electron chi connectivity index (χ4n) is 3.09. The molecule has 130 valence electrons. The lowest BCUT2D eigenvalue weighted by molar-refractivity contribution is 0.394. The van der Waals surface area contributed by atoms with Crippen molar-refractivity contribution in [2.24, 2.45) is 0 Å². The first-order valence-electron chi connectivity index (χ1n) is 8.33. The van der Waals surface area contributed by atoms with Crippen molar-refractivity contribution in [1.29, 1.82) is 0 Å². The maximum atomic E-state index is 12.2. The number of aryl methyl sites for hydroxylation is 2. The molecule has 0 fully saturated rings. The van der Waals surface area contributed by atoms with Gasteiger partial charge in [0.25, 0.3) is 5.56 Å². The van der Waals surface area contributed by atoms with E-state index in [9.17, 15) is 4.79 Å². The van der Waals surface area contributed by atoms with Gasteiger partial charge in [-0.1, -0.05) is 23.4 Å². The molecule has 0 spiro atoms. The van der Waals surface area contributed by atoms with Gasteiger partial charge in [-0.2, -0.15) is 0 Å². The second kappa shape index (κ2) is 6.15. The molecule has 0 aliphatic rings. The van der Waals surface area contributed by atoms with E-state index < -0.39 is 0 Å². The zero-order chi connectivity index (χ0) is 18.3. The third-order valence-electron chi connectivity index (χ3n) is 4.36. The summed E-state index contributed by atoms with van der Waals surface area (Å²) >= 11 is 0. The average Bonchev–Trinajstić information content (AvgIpc) is 3.15. The van der Waals surface area contributed by atoms with Crippen LogP contribution in [0.15, 0.2) is 45.7 Å². The monoisotopic (exact) mass is 346 g/mol. The molecular weight excluding hydrogens is 328 g/mol. The first kappa shape index (κ1) is 16.1. The first-order chi connectivity index (χ1) is 12.5. The van der Waals surface area contributed by atoms with Crippen LogP contribution in [0.4, 0.5) is 0 Å². The fourth-order valence-corrected chi connectivity index (χ4v) is 3.09. The number of para-hydroxylation sites is 2. The van der Waals surface area contributed by atoms with Crippen LogP contribution in [0.2, 0.25) is 0 Å². The third kappa shape index (κ3) is 2.75. The van der Waals surface area contributed by atoms with Crippen molar-refractivity contribution in [2.45, 2.75) is 20.8 Å². The summed E-state index contributed by atoms with van der Waals surface area (Å²) in [4.78, 5) is 19.5. The van der Waals surface area contributed by atoms with Gasteiger partial charge in [0.1, 0.15) is 11.5 Å². The Kier molecular flexibility index (Phi) is 3.80. The Balaban J connectivity index is 1.74. The Morgan fingerprint density at radius 2 is 1.92 bits per heavy atom. The van der Waals surface area contributed by atoms with Crippen molar-refractivity contribution in [3.05, 3.63) is 75.2 Å². The number of aromatic nitrogens is 4. The van der Waals surface area contributed by atoms with Gasteiger partial charge in [0, 0.05) is 17.5 Å². The van der Waals surface area contributed by atoms with Gasteiger partial charge in [-0.3, -0.25) is 9.36 Å². The summed E-state index contributed by atoms with van der Waals surface area (Å²) < 4.78 is 7.20. The Hall–Kier alpha value is -3.41. The van der Waals surface area contributed by atoms with E-state index in [0.29, 0.717) is 5.69 Å². The maximum absolute atomic E-state index is 12.2. The summed E-state index contributed by atoms with van der Waals surface area (Å²) in [6, 6.07) is 11.4. The molecule has 3 aromatic heterocycles. The van der Waals surface area contributed by atoms with E-state index in [4.69, 9.17) is 4.52 Å². The largest absolute Gasteiger partial charge is 0.360 e. The van der Waals surface area contributed by atoms with E-state index in [1.165, 1.54) is 0 Å². The number of hydrogen-bond donors (Lipinski definition) is 1. The van der Waals surface area contributed by atoms with Crippen LogP contribution in [0.1, 0.15) is 28.4 Å². The van der Waals surface area contributed by atoms with Gasteiger partial charge >= 0.3 is 0 Å². The predicted molar refractivity (Wildman–Crippen MR) is 101 cm³/mol. The molecule has 4 aromatic rings. The van der Waals surface area contributed by atoms with Crippen molar-refractivity contribution in [2.75, 3.05) is 0 Å². The molecule has 1 aromatic carbocycles. The minimum atomic E-state index is -0.208. The molecule has 1 N–H and O–H groups in total. The number of fused-ring (bicyclic) bond motifs is 1. The normalized spacial score (nSPS) is 11.7. The van der Waals surface area contributed by atoms with Crippen molar-refractivity contribution in [3.8, 4) is 5.82 Å². The molecule has 0 aliphatic heterocycles. The van der Waals surface area contributed by atoms with E-state index in [1.54, 1.807) is 6.08 Å². The summed E-state index contributed by atoms with van der Waals surface area (Å²) in [5, 5.41) is 4.08. The Labute approximate surface area is 149 Å². The molecule has 0 saturated heterocycles. The van der Waals surface area contributed by atoms with Crippen molar-refractivity contribution < 1.29 is 4.52 Å². The lowest BCUT2D eigenvalue weighted by Gasteiger charge is -2.04. The topological polar surface area (TPSA) is 76.7 Å². The molecule has 0 radical (unpaired) electrons. The molecular formula is C20H18N4O2. The summed E-state index contributed by atoms with van der Waals surface area (Å²) in [6.07, 6.45) is 3.64. The SMILES string of the molecule is Cc1cc(-n2c(C)cc(/C=C/c3nc4ccccc4[nH]c3=O)c2C)no1. The van der Waals surface area contributed by atoms with Crippen molar-refractivity contribution >= 4 is 23.2 Å². The molecule has 0 bridgehead atoms. The zero-order valence-electron chi connectivity index (χ0n) is 14.8. The molecule has 0 unspecified atom stereocenters. The summed E-state index contributed by atoms with van der Waals surface area (Å²) in [5.74, 6) is 1.51. The highest BCUT2D eigenvalue weighted by Crippen LogP contribution is 2.22. The highest BCUT2D eigenvalue weighted by molar-refractivity contribution is 5.77. The second-order valence-corrected chi connectivity index (χ2v) is 6.26. The van der Waals surface area contributed by atoms with Gasteiger partial charge in [0.05, 0.1) is 11.0 Å². The van der Waals surface area contributed by atoms with E-state index in [1.807, 2.05) is 67.8 Å². The Morgan fingerprint density at radius 3 is 2.69 bits per heavy atom. The fraction of sp³-hybridized carbons (Fsp3) is 0.150. The van der Waals surface area contributed by atoms with Gasteiger partial charge in [-0.25, -0.2) is 4.98 Å². The summed E-state index contributed by atoms with van der Waals surface area (Å²) in [5.41, 5.74) is 4.72. The van der Waals surface area contributed by atoms with Crippen LogP contribution in [0, 0.1) is 20.8 Å². The molecule has 0 atom stereocenters. The lowest BCUT2D eigenvalue weighted by Crippen LogP contribution is -2.11. The molecule has 3 heterocycles. The number of H-pyrrole nitrogens is 1. The van der Waals surface area contributed by atoms with Gasteiger partial charge in [0.15, 0.2) is 5.82 Å². The van der Waals surface area contributed by atoms with Crippen LogP contribution in [0.5, 0.6) is 0 Å². The van der Waals surface area contributed by atoms with Crippen LogP contribution < -0.4 is 5.56 Å². The third-order valence-corrected chi connectivity index (χ3v) is 4.36. The molecule has 6 nitrogen and oxygen atoms in total. The number of hydrogen-bond acceptors (Lipinski definition) is 4. The second-order valence-electron chi connectivity index (χ2n) is 6.26. The van der Waals surface area contributed by atoms with E-state index in [2.05, 4.69) is 15.1 Å². The number of benzene rings is 1. The molecule has 26 heavy (non-hydrogen) atoms. The van der Waals surface area contributed by atoms with Crippen LogP contribution in [-0.2, 0) is 0 Å². The van der Waals surface area contributed by atoms with E-state index in [0.717, 1.165) is 39.6 Å². The number of nitrogens with one attached hydrogen (secondary N) is 1. The van der Waals surface area contributed by atoms with Crippen LogP contribution in [0.3, 0.4) is 0 Å². The van der Waals surface area contributed by atoms with Crippen molar-refractivity contribution in [3.63, 3.8) is 0 Å². The van der Waals surface area contributed by atoms with Crippen LogP contribution >= 0.6 is 0 Å². The Morgan fingerprint density at radius 1 is 1.12 bits per heavy atom. The van der Waals surface area contributed by atoms with Gasteiger partial charge in [-0.05, 0) is 50.6 Å². The highest BCUT2D eigenvalue weighted by atomic mass is 16.5. The highest BCUT2D eigenvalue weighted by Gasteiger charge is 2.12. The average molecular weight is 346 g/mol. The van der Waals surface area contributed by atoms with Gasteiger partial charge < -0.3 is 9.51 Å². The van der Waals surface area contributed by atoms with E-state index >= 15 is 0 Å². The standard InChI is InChI=1S/C20H18N4O2/c1-12-10-15(14(3)24(12)19-11-13(2)26-23-19)8-9-18-20(25)22-17-7-5-4-6-16(17)21-18/h4-11H,1-3H3,(H,22,25)/b9-8+. The zero-order valence-corrected chi connectivity index (χ0v) is 14.8. The molecule has 0 saturated carbocycles. The number of aromatic amines is 1. The first-order valence-corrected chi connectivity index (χ1v) is 8.33. The van der Waals surface area contributed by atoms with Crippen LogP contribution in [0.25, 0.3) is 29.0 Å². The Bertz CT molecular complexity index is 1190. The summed E-state index contributed by atoms with van der Waals surface area (Å²) in [7, 11) is 0.